The van der Waals surface area contributed by atoms with Crippen LogP contribution in [0, 0.1) is 6.92 Å². The van der Waals surface area contributed by atoms with Crippen LogP contribution < -0.4 is 0 Å². The third-order valence-electron chi connectivity index (χ3n) is 1.90. The topological polar surface area (TPSA) is 12.9 Å². The molecule has 0 radical (unpaired) electrons. The molecular formula is C11H15N. The molecule has 1 aromatic rings. The Morgan fingerprint density at radius 2 is 2.33 bits per heavy atom. The van der Waals surface area contributed by atoms with Crippen LogP contribution >= 0.6 is 0 Å². The SMILES string of the molecule is C=Cc1cnc(C)cc1CCC. The van der Waals surface area contributed by atoms with Gasteiger partial charge in [0.1, 0.15) is 0 Å². The smallest absolute Gasteiger partial charge is 0.0375 e. The van der Waals surface area contributed by atoms with Crippen molar-refractivity contribution in [1.29, 1.82) is 0 Å². The summed E-state index contributed by atoms with van der Waals surface area (Å²) in [5.41, 5.74) is 3.62. The van der Waals surface area contributed by atoms with Crippen LogP contribution in [0.5, 0.6) is 0 Å². The zero-order valence-electron chi connectivity index (χ0n) is 7.80. The van der Waals surface area contributed by atoms with E-state index in [9.17, 15) is 0 Å². The largest absolute Gasteiger partial charge is 0.261 e. The van der Waals surface area contributed by atoms with Crippen molar-refractivity contribution in [2.45, 2.75) is 26.7 Å². The van der Waals surface area contributed by atoms with Gasteiger partial charge in [0.25, 0.3) is 0 Å². The van der Waals surface area contributed by atoms with Crippen molar-refractivity contribution >= 4 is 6.08 Å². The Kier molecular flexibility index (Phi) is 3.03. The van der Waals surface area contributed by atoms with Crippen LogP contribution in [0.15, 0.2) is 18.8 Å². The van der Waals surface area contributed by atoms with E-state index in [1.165, 1.54) is 17.5 Å². The summed E-state index contributed by atoms with van der Waals surface area (Å²) in [6.45, 7) is 7.97. The highest BCUT2D eigenvalue weighted by Crippen LogP contribution is 2.12. The van der Waals surface area contributed by atoms with Gasteiger partial charge in [0.05, 0.1) is 0 Å². The van der Waals surface area contributed by atoms with Gasteiger partial charge in [-0.25, -0.2) is 0 Å². The van der Waals surface area contributed by atoms with Gasteiger partial charge in [-0.1, -0.05) is 26.0 Å². The highest BCUT2D eigenvalue weighted by molar-refractivity contribution is 5.50. The molecule has 0 saturated carbocycles. The van der Waals surface area contributed by atoms with E-state index in [4.69, 9.17) is 0 Å². The first-order valence-electron chi connectivity index (χ1n) is 4.36. The summed E-state index contributed by atoms with van der Waals surface area (Å²) >= 11 is 0. The fourth-order valence-corrected chi connectivity index (χ4v) is 1.30. The van der Waals surface area contributed by atoms with E-state index >= 15 is 0 Å². The van der Waals surface area contributed by atoms with Crippen molar-refractivity contribution in [2.24, 2.45) is 0 Å². The number of hydrogen-bond donors (Lipinski definition) is 0. The number of rotatable bonds is 3. The normalized spacial score (nSPS) is 9.83. The fourth-order valence-electron chi connectivity index (χ4n) is 1.30. The van der Waals surface area contributed by atoms with E-state index in [0.717, 1.165) is 12.1 Å². The van der Waals surface area contributed by atoms with Crippen LogP contribution in [0.4, 0.5) is 0 Å². The van der Waals surface area contributed by atoms with Gasteiger partial charge in [0.15, 0.2) is 0 Å². The second-order valence-corrected chi connectivity index (χ2v) is 2.98. The van der Waals surface area contributed by atoms with Gasteiger partial charge < -0.3 is 0 Å². The number of aryl methyl sites for hydroxylation is 2. The van der Waals surface area contributed by atoms with Gasteiger partial charge in [0.2, 0.25) is 0 Å². The molecule has 12 heavy (non-hydrogen) atoms. The highest BCUT2D eigenvalue weighted by Gasteiger charge is 1.98. The summed E-state index contributed by atoms with van der Waals surface area (Å²) in [5, 5.41) is 0. The van der Waals surface area contributed by atoms with Gasteiger partial charge in [-0.2, -0.15) is 0 Å². The molecule has 0 aliphatic rings. The molecular weight excluding hydrogens is 146 g/mol. The maximum absolute atomic E-state index is 4.22. The summed E-state index contributed by atoms with van der Waals surface area (Å²) in [4.78, 5) is 4.22. The van der Waals surface area contributed by atoms with E-state index in [0.29, 0.717) is 0 Å². The quantitative estimate of drug-likeness (QED) is 0.664. The van der Waals surface area contributed by atoms with Crippen molar-refractivity contribution in [3.05, 3.63) is 35.7 Å². The third-order valence-corrected chi connectivity index (χ3v) is 1.90. The summed E-state index contributed by atoms with van der Waals surface area (Å²) in [6, 6.07) is 2.14. The molecule has 0 aliphatic carbocycles. The van der Waals surface area contributed by atoms with Crippen LogP contribution in [-0.4, -0.2) is 4.98 Å². The second-order valence-electron chi connectivity index (χ2n) is 2.98. The Balaban J connectivity index is 3.03. The molecule has 1 nitrogen and oxygen atoms in total. The lowest BCUT2D eigenvalue weighted by Gasteiger charge is -2.04. The van der Waals surface area contributed by atoms with Crippen molar-refractivity contribution in [3.8, 4) is 0 Å². The molecule has 1 heteroatoms. The third kappa shape index (κ3) is 1.94. The molecule has 0 saturated heterocycles. The minimum absolute atomic E-state index is 1.09. The number of aromatic nitrogens is 1. The monoisotopic (exact) mass is 161 g/mol. The molecule has 0 aliphatic heterocycles. The van der Waals surface area contributed by atoms with Gasteiger partial charge >= 0.3 is 0 Å². The van der Waals surface area contributed by atoms with E-state index in [2.05, 4.69) is 24.6 Å². The molecule has 0 atom stereocenters. The maximum atomic E-state index is 4.22. The zero-order chi connectivity index (χ0) is 8.97. The average molecular weight is 161 g/mol. The minimum atomic E-state index is 1.09. The molecule has 1 heterocycles. The summed E-state index contributed by atoms with van der Waals surface area (Å²) in [6.07, 6.45) is 6.06. The standard InChI is InChI=1S/C11H15N/c1-4-6-11-7-9(3)12-8-10(11)5-2/h5,7-8H,2,4,6H2,1,3H3. The van der Waals surface area contributed by atoms with Crippen LogP contribution in [0.2, 0.25) is 0 Å². The molecule has 0 unspecified atom stereocenters. The fraction of sp³-hybridized carbons (Fsp3) is 0.364. The molecule has 0 fully saturated rings. The summed E-state index contributed by atoms with van der Waals surface area (Å²) < 4.78 is 0. The summed E-state index contributed by atoms with van der Waals surface area (Å²) in [5.74, 6) is 0. The van der Waals surface area contributed by atoms with E-state index in [1.54, 1.807) is 0 Å². The van der Waals surface area contributed by atoms with E-state index in [-0.39, 0.29) is 0 Å². The first kappa shape index (κ1) is 8.98. The predicted molar refractivity (Wildman–Crippen MR) is 53.1 cm³/mol. The molecule has 0 aromatic carbocycles. The second kappa shape index (κ2) is 4.05. The Morgan fingerprint density at radius 3 is 2.92 bits per heavy atom. The van der Waals surface area contributed by atoms with Crippen LogP contribution in [0.25, 0.3) is 6.08 Å². The average Bonchev–Trinajstić information content (AvgIpc) is 2.05. The van der Waals surface area contributed by atoms with Gasteiger partial charge in [-0.15, -0.1) is 0 Å². The Bertz CT molecular complexity index is 276. The first-order valence-corrected chi connectivity index (χ1v) is 4.36. The lowest BCUT2D eigenvalue weighted by molar-refractivity contribution is 0.911. The molecule has 0 spiro atoms. The van der Waals surface area contributed by atoms with Crippen LogP contribution in [-0.2, 0) is 6.42 Å². The van der Waals surface area contributed by atoms with E-state index in [1.807, 2.05) is 19.2 Å². The highest BCUT2D eigenvalue weighted by atomic mass is 14.7. The summed E-state index contributed by atoms with van der Waals surface area (Å²) in [7, 11) is 0. The number of pyridine rings is 1. The van der Waals surface area contributed by atoms with Crippen LogP contribution in [0.3, 0.4) is 0 Å². The maximum Gasteiger partial charge on any atom is 0.0375 e. The lowest BCUT2D eigenvalue weighted by atomic mass is 10.0. The van der Waals surface area contributed by atoms with Crippen molar-refractivity contribution in [3.63, 3.8) is 0 Å². The molecule has 0 amide bonds. The molecule has 1 aromatic heterocycles. The Hall–Kier alpha value is -1.11. The van der Waals surface area contributed by atoms with Gasteiger partial charge in [-0.05, 0) is 30.5 Å². The Morgan fingerprint density at radius 1 is 1.58 bits per heavy atom. The first-order chi connectivity index (χ1) is 5.77. The van der Waals surface area contributed by atoms with Gasteiger partial charge in [0, 0.05) is 11.9 Å². The zero-order valence-corrected chi connectivity index (χ0v) is 7.80. The number of hydrogen-bond acceptors (Lipinski definition) is 1. The lowest BCUT2D eigenvalue weighted by Crippen LogP contribution is -1.92. The Labute approximate surface area is 74.2 Å². The minimum Gasteiger partial charge on any atom is -0.261 e. The molecule has 0 bridgehead atoms. The van der Waals surface area contributed by atoms with Crippen LogP contribution in [0.1, 0.15) is 30.2 Å². The molecule has 1 rings (SSSR count). The van der Waals surface area contributed by atoms with Crippen molar-refractivity contribution in [2.75, 3.05) is 0 Å². The number of nitrogens with zero attached hydrogens (tertiary/aromatic N) is 1. The predicted octanol–water partition coefficient (Wildman–Crippen LogP) is 2.99. The van der Waals surface area contributed by atoms with Crippen molar-refractivity contribution in [1.82, 2.24) is 4.98 Å². The van der Waals surface area contributed by atoms with E-state index < -0.39 is 0 Å². The van der Waals surface area contributed by atoms with Crippen molar-refractivity contribution < 1.29 is 0 Å². The molecule has 64 valence electrons. The molecule has 0 N–H and O–H groups in total. The van der Waals surface area contributed by atoms with Gasteiger partial charge in [-0.3, -0.25) is 4.98 Å².